The first-order valence-corrected chi connectivity index (χ1v) is 11.1. The zero-order valence-electron chi connectivity index (χ0n) is 19.2. The normalized spacial score (nSPS) is 17.8. The van der Waals surface area contributed by atoms with Gasteiger partial charge in [0.1, 0.15) is 6.54 Å². The fourth-order valence-electron chi connectivity index (χ4n) is 4.21. The Morgan fingerprint density at radius 3 is 2.32 bits per heavy atom. The van der Waals surface area contributed by atoms with Crippen LogP contribution in [0.1, 0.15) is 33.7 Å². The third kappa shape index (κ3) is 3.55. The van der Waals surface area contributed by atoms with E-state index in [2.05, 4.69) is 15.5 Å². The van der Waals surface area contributed by atoms with Gasteiger partial charge in [-0.15, -0.1) is 0 Å². The molecule has 0 bridgehead atoms. The molecule has 1 aliphatic rings. The van der Waals surface area contributed by atoms with Crippen LogP contribution in [-0.2, 0) is 16.9 Å². The third-order valence-corrected chi connectivity index (χ3v) is 6.32. The highest BCUT2D eigenvalue weighted by atomic mass is 16.5. The molecular weight excluding hydrogens is 428 g/mol. The summed E-state index contributed by atoms with van der Waals surface area (Å²) in [5.74, 6) is 0.204. The minimum atomic E-state index is -1.34. The summed E-state index contributed by atoms with van der Waals surface area (Å²) in [6, 6.07) is 22.3. The van der Waals surface area contributed by atoms with Crippen molar-refractivity contribution in [2.24, 2.45) is 0 Å². The Hall–Kier alpha value is -4.26. The molecule has 1 saturated heterocycles. The number of carbonyl (C=O) groups excluding carboxylic acids is 2. The largest absolute Gasteiger partial charge is 0.337 e. The maximum Gasteiger partial charge on any atom is 0.326 e. The van der Waals surface area contributed by atoms with Gasteiger partial charge in [-0.2, -0.15) is 4.98 Å². The van der Waals surface area contributed by atoms with E-state index < -0.39 is 11.6 Å². The molecule has 3 aromatic carbocycles. The lowest BCUT2D eigenvalue weighted by Gasteiger charge is -2.28. The highest BCUT2D eigenvalue weighted by Crippen LogP contribution is 2.37. The van der Waals surface area contributed by atoms with E-state index >= 15 is 0 Å². The minimum absolute atomic E-state index is 0.122. The fourth-order valence-corrected chi connectivity index (χ4v) is 4.21. The molecule has 0 aliphatic carbocycles. The number of hydrogen-bond donors (Lipinski definition) is 1. The van der Waals surface area contributed by atoms with Gasteiger partial charge in [0, 0.05) is 5.56 Å². The molecule has 3 amide bonds. The van der Waals surface area contributed by atoms with Gasteiger partial charge < -0.3 is 9.84 Å². The van der Waals surface area contributed by atoms with Crippen molar-refractivity contribution in [1.82, 2.24) is 20.4 Å². The molecule has 7 nitrogen and oxygen atoms in total. The van der Waals surface area contributed by atoms with Gasteiger partial charge in [0.2, 0.25) is 11.7 Å². The molecule has 1 aliphatic heterocycles. The molecule has 0 radical (unpaired) electrons. The summed E-state index contributed by atoms with van der Waals surface area (Å²) in [4.78, 5) is 32.6. The van der Waals surface area contributed by atoms with E-state index in [0.717, 1.165) is 27.2 Å². The van der Waals surface area contributed by atoms with Crippen molar-refractivity contribution in [3.63, 3.8) is 0 Å². The number of rotatable bonds is 5. The van der Waals surface area contributed by atoms with Crippen LogP contribution in [0.5, 0.6) is 0 Å². The van der Waals surface area contributed by atoms with Crippen LogP contribution in [0.3, 0.4) is 0 Å². The molecule has 1 atom stereocenters. The Labute approximate surface area is 197 Å². The second kappa shape index (κ2) is 8.26. The van der Waals surface area contributed by atoms with Crippen LogP contribution in [-0.4, -0.2) is 27.0 Å². The number of nitrogens with zero attached hydrogens (tertiary/aromatic N) is 3. The first-order valence-electron chi connectivity index (χ1n) is 11.1. The molecule has 34 heavy (non-hydrogen) atoms. The predicted octanol–water partition coefficient (Wildman–Crippen LogP) is 4.66. The summed E-state index contributed by atoms with van der Waals surface area (Å²) >= 11 is 0. The van der Waals surface area contributed by atoms with Crippen LogP contribution in [0.4, 0.5) is 4.79 Å². The highest BCUT2D eigenvalue weighted by molar-refractivity contribution is 6.09. The number of hydrogen-bond acceptors (Lipinski definition) is 5. The second-order valence-electron chi connectivity index (χ2n) is 8.61. The molecule has 5 rings (SSSR count). The van der Waals surface area contributed by atoms with Gasteiger partial charge in [-0.05, 0) is 43.0 Å². The average molecular weight is 453 g/mol. The fraction of sp³-hybridized carbons (Fsp3) is 0.185. The van der Waals surface area contributed by atoms with Gasteiger partial charge in [0.05, 0.1) is 0 Å². The number of imide groups is 1. The van der Waals surface area contributed by atoms with Crippen LogP contribution in [0.2, 0.25) is 0 Å². The van der Waals surface area contributed by atoms with Crippen molar-refractivity contribution in [3.8, 4) is 11.4 Å². The summed E-state index contributed by atoms with van der Waals surface area (Å²) in [7, 11) is 0. The average Bonchev–Trinajstić information content (AvgIpc) is 3.41. The quantitative estimate of drug-likeness (QED) is 0.445. The highest BCUT2D eigenvalue weighted by Gasteiger charge is 2.54. The van der Waals surface area contributed by atoms with E-state index in [1.165, 1.54) is 0 Å². The van der Waals surface area contributed by atoms with Crippen molar-refractivity contribution in [1.29, 1.82) is 0 Å². The Morgan fingerprint density at radius 1 is 0.882 bits per heavy atom. The standard InChI is InChI=1S/C27H24N4O3/c1-17-9-12-20(13-10-17)24-28-23(34-30-24)16-31-25(32)27(29-26(31)33,21-7-5-4-6-8-21)22-14-11-18(2)19(3)15-22/h4-15H,16H2,1-3H3,(H,29,33)/t27-/m0/s1. The van der Waals surface area contributed by atoms with Crippen molar-refractivity contribution in [2.75, 3.05) is 0 Å². The lowest BCUT2D eigenvalue weighted by Crippen LogP contribution is -2.45. The molecule has 170 valence electrons. The van der Waals surface area contributed by atoms with Crippen LogP contribution in [0.25, 0.3) is 11.4 Å². The molecule has 7 heteroatoms. The third-order valence-electron chi connectivity index (χ3n) is 6.32. The first kappa shape index (κ1) is 21.6. The summed E-state index contributed by atoms with van der Waals surface area (Å²) in [6.45, 7) is 5.87. The molecule has 0 saturated carbocycles. The molecule has 2 heterocycles. The molecule has 1 fully saturated rings. The Kier molecular flexibility index (Phi) is 5.24. The molecule has 0 spiro atoms. The molecule has 1 aromatic heterocycles. The topological polar surface area (TPSA) is 88.3 Å². The maximum absolute atomic E-state index is 13.9. The van der Waals surface area contributed by atoms with E-state index in [4.69, 9.17) is 4.52 Å². The SMILES string of the molecule is Cc1ccc(-c2noc(CN3C(=O)N[C@@](c4ccccc4)(c4ccc(C)c(C)c4)C3=O)n2)cc1. The Bertz CT molecular complexity index is 1380. The van der Waals surface area contributed by atoms with Crippen LogP contribution in [0, 0.1) is 20.8 Å². The Morgan fingerprint density at radius 2 is 1.62 bits per heavy atom. The maximum atomic E-state index is 13.9. The van der Waals surface area contributed by atoms with Crippen LogP contribution < -0.4 is 5.32 Å². The van der Waals surface area contributed by atoms with Gasteiger partial charge in [-0.3, -0.25) is 9.69 Å². The van der Waals surface area contributed by atoms with Crippen molar-refractivity contribution >= 4 is 11.9 Å². The van der Waals surface area contributed by atoms with E-state index in [0.29, 0.717) is 17.0 Å². The monoisotopic (exact) mass is 452 g/mol. The van der Waals surface area contributed by atoms with Crippen LogP contribution >= 0.6 is 0 Å². The number of aromatic nitrogens is 2. The first-order chi connectivity index (χ1) is 16.4. The molecular formula is C27H24N4O3. The Balaban J connectivity index is 1.51. The molecule has 4 aromatic rings. The van der Waals surface area contributed by atoms with Crippen molar-refractivity contribution in [2.45, 2.75) is 32.9 Å². The summed E-state index contributed by atoms with van der Waals surface area (Å²) in [5.41, 5.74) is 4.11. The number of carbonyl (C=O) groups is 2. The molecule has 1 N–H and O–H groups in total. The molecule has 0 unspecified atom stereocenters. The number of amides is 3. The van der Waals surface area contributed by atoms with E-state index in [9.17, 15) is 9.59 Å². The van der Waals surface area contributed by atoms with E-state index in [-0.39, 0.29) is 18.3 Å². The van der Waals surface area contributed by atoms with E-state index in [1.54, 1.807) is 0 Å². The van der Waals surface area contributed by atoms with Gasteiger partial charge in [0.15, 0.2) is 5.54 Å². The van der Waals surface area contributed by atoms with Gasteiger partial charge in [-0.25, -0.2) is 4.79 Å². The number of urea groups is 1. The van der Waals surface area contributed by atoms with Gasteiger partial charge in [-0.1, -0.05) is 83.5 Å². The zero-order chi connectivity index (χ0) is 23.9. The summed E-state index contributed by atoms with van der Waals surface area (Å²) < 4.78 is 5.39. The smallest absolute Gasteiger partial charge is 0.326 e. The van der Waals surface area contributed by atoms with Gasteiger partial charge >= 0.3 is 6.03 Å². The summed E-state index contributed by atoms with van der Waals surface area (Å²) in [5, 5.41) is 6.99. The lowest BCUT2D eigenvalue weighted by atomic mass is 9.81. The zero-order valence-corrected chi connectivity index (χ0v) is 19.2. The van der Waals surface area contributed by atoms with Crippen molar-refractivity contribution < 1.29 is 14.1 Å². The van der Waals surface area contributed by atoms with Crippen LogP contribution in [0.15, 0.2) is 77.3 Å². The summed E-state index contributed by atoms with van der Waals surface area (Å²) in [6.07, 6.45) is 0. The predicted molar refractivity (Wildman–Crippen MR) is 127 cm³/mol. The number of nitrogens with one attached hydrogen (secondary N) is 1. The van der Waals surface area contributed by atoms with Gasteiger partial charge in [0.25, 0.3) is 5.91 Å². The van der Waals surface area contributed by atoms with Crippen molar-refractivity contribution in [3.05, 3.63) is 107 Å². The minimum Gasteiger partial charge on any atom is -0.337 e. The second-order valence-corrected chi connectivity index (χ2v) is 8.61. The lowest BCUT2D eigenvalue weighted by molar-refractivity contribution is -0.130. The number of aryl methyl sites for hydroxylation is 3. The number of benzene rings is 3. The van der Waals surface area contributed by atoms with E-state index in [1.807, 2.05) is 93.6 Å².